The molecule has 1 aliphatic heterocycles. The van der Waals surface area contributed by atoms with Crippen molar-refractivity contribution in [3.05, 3.63) is 23.7 Å². The van der Waals surface area contributed by atoms with Crippen LogP contribution in [-0.4, -0.2) is 44.1 Å². The van der Waals surface area contributed by atoms with Gasteiger partial charge in [-0.1, -0.05) is 0 Å². The number of carbonyl (C=O) groups excluding carboxylic acids is 2. The second-order valence-electron chi connectivity index (χ2n) is 4.50. The van der Waals surface area contributed by atoms with E-state index in [1.165, 1.54) is 14.2 Å². The van der Waals surface area contributed by atoms with Crippen molar-refractivity contribution < 1.29 is 23.5 Å². The van der Waals surface area contributed by atoms with Crippen LogP contribution in [-0.2, 0) is 20.8 Å². The van der Waals surface area contributed by atoms with Gasteiger partial charge in [-0.25, -0.2) is 4.79 Å². The van der Waals surface area contributed by atoms with Gasteiger partial charge in [0.05, 0.1) is 26.7 Å². The quantitative estimate of drug-likeness (QED) is 0.760. The van der Waals surface area contributed by atoms with Crippen molar-refractivity contribution in [3.63, 3.8) is 0 Å². The number of ether oxygens (including phenoxy) is 2. The molecule has 0 radical (unpaired) electrons. The summed E-state index contributed by atoms with van der Waals surface area (Å²) in [5.74, 6) is 0.157. The molecule has 104 valence electrons. The second-order valence-corrected chi connectivity index (χ2v) is 4.50. The van der Waals surface area contributed by atoms with Crippen molar-refractivity contribution in [2.24, 2.45) is 5.92 Å². The highest BCUT2D eigenvalue weighted by atomic mass is 16.5. The molecule has 2 heterocycles. The van der Waals surface area contributed by atoms with Gasteiger partial charge < -0.3 is 13.9 Å². The first kappa shape index (κ1) is 13.6. The molecule has 1 unspecified atom stereocenters. The Bertz CT molecular complexity index is 467. The first-order valence-electron chi connectivity index (χ1n) is 6.11. The lowest BCUT2D eigenvalue weighted by molar-refractivity contribution is -0.144. The van der Waals surface area contributed by atoms with E-state index in [0.717, 1.165) is 13.0 Å². The zero-order valence-electron chi connectivity index (χ0n) is 11.0. The molecule has 1 aromatic rings. The summed E-state index contributed by atoms with van der Waals surface area (Å²) in [7, 11) is 2.71. The van der Waals surface area contributed by atoms with E-state index >= 15 is 0 Å². The van der Waals surface area contributed by atoms with E-state index in [0.29, 0.717) is 18.8 Å². The smallest absolute Gasteiger partial charge is 0.373 e. The molecule has 19 heavy (non-hydrogen) atoms. The molecule has 1 fully saturated rings. The molecule has 6 heteroatoms. The van der Waals surface area contributed by atoms with E-state index in [1.807, 2.05) is 0 Å². The highest BCUT2D eigenvalue weighted by Gasteiger charge is 2.29. The molecule has 0 saturated carbocycles. The number of esters is 2. The lowest BCUT2D eigenvalue weighted by Crippen LogP contribution is -2.23. The first-order valence-corrected chi connectivity index (χ1v) is 6.11. The highest BCUT2D eigenvalue weighted by Crippen LogP contribution is 2.20. The number of rotatable bonds is 4. The third kappa shape index (κ3) is 3.14. The van der Waals surface area contributed by atoms with Gasteiger partial charge in [0.1, 0.15) is 5.76 Å². The Kier molecular flexibility index (Phi) is 4.21. The summed E-state index contributed by atoms with van der Waals surface area (Å²) in [6, 6.07) is 3.34. The van der Waals surface area contributed by atoms with Crippen molar-refractivity contribution in [2.75, 3.05) is 27.3 Å². The van der Waals surface area contributed by atoms with Crippen LogP contribution in [0, 0.1) is 5.92 Å². The zero-order chi connectivity index (χ0) is 13.8. The fourth-order valence-corrected chi connectivity index (χ4v) is 2.23. The third-order valence-corrected chi connectivity index (χ3v) is 3.23. The minimum Gasteiger partial charge on any atom is -0.469 e. The van der Waals surface area contributed by atoms with Crippen molar-refractivity contribution >= 4 is 11.9 Å². The predicted molar refractivity (Wildman–Crippen MR) is 65.4 cm³/mol. The van der Waals surface area contributed by atoms with Gasteiger partial charge in [0.2, 0.25) is 5.76 Å². The zero-order valence-corrected chi connectivity index (χ0v) is 11.0. The summed E-state index contributed by atoms with van der Waals surface area (Å²) in [5.41, 5.74) is 0. The largest absolute Gasteiger partial charge is 0.469 e. The molecule has 2 rings (SSSR count). The number of likely N-dealkylation sites (tertiary alicyclic amines) is 1. The van der Waals surface area contributed by atoms with Gasteiger partial charge in [-0.05, 0) is 25.1 Å². The van der Waals surface area contributed by atoms with Crippen LogP contribution >= 0.6 is 0 Å². The molecular formula is C13H17NO5. The molecule has 0 aliphatic carbocycles. The molecule has 1 aromatic heterocycles. The van der Waals surface area contributed by atoms with Crippen LogP contribution in [0.3, 0.4) is 0 Å². The molecule has 1 atom stereocenters. The summed E-state index contributed by atoms with van der Waals surface area (Å²) < 4.78 is 14.7. The number of hydrogen-bond donors (Lipinski definition) is 0. The first-order chi connectivity index (χ1) is 9.13. The van der Waals surface area contributed by atoms with Gasteiger partial charge in [0, 0.05) is 6.54 Å². The van der Waals surface area contributed by atoms with Crippen molar-refractivity contribution in [1.82, 2.24) is 4.90 Å². The minimum atomic E-state index is -0.486. The Morgan fingerprint density at radius 2 is 2.16 bits per heavy atom. The topological polar surface area (TPSA) is 69.0 Å². The van der Waals surface area contributed by atoms with Crippen LogP contribution in [0.1, 0.15) is 22.7 Å². The molecule has 1 aliphatic rings. The van der Waals surface area contributed by atoms with Gasteiger partial charge in [-0.3, -0.25) is 9.69 Å². The summed E-state index contributed by atoms with van der Waals surface area (Å²) in [4.78, 5) is 24.8. The maximum absolute atomic E-state index is 11.4. The van der Waals surface area contributed by atoms with Crippen LogP contribution in [0.4, 0.5) is 0 Å². The van der Waals surface area contributed by atoms with E-state index in [2.05, 4.69) is 9.64 Å². The van der Waals surface area contributed by atoms with Gasteiger partial charge in [0.15, 0.2) is 0 Å². The number of methoxy groups -OCH3 is 2. The molecule has 0 bridgehead atoms. The molecule has 0 spiro atoms. The van der Waals surface area contributed by atoms with Crippen LogP contribution in [0.5, 0.6) is 0 Å². The maximum atomic E-state index is 11.4. The summed E-state index contributed by atoms with van der Waals surface area (Å²) in [6.45, 7) is 2.04. The molecule has 0 amide bonds. The van der Waals surface area contributed by atoms with Gasteiger partial charge >= 0.3 is 11.9 Å². The van der Waals surface area contributed by atoms with Crippen molar-refractivity contribution in [2.45, 2.75) is 13.0 Å². The van der Waals surface area contributed by atoms with Crippen molar-refractivity contribution in [3.8, 4) is 0 Å². The van der Waals surface area contributed by atoms with E-state index < -0.39 is 5.97 Å². The summed E-state index contributed by atoms with van der Waals surface area (Å²) in [5, 5.41) is 0. The second kappa shape index (κ2) is 5.88. The summed E-state index contributed by atoms with van der Waals surface area (Å²) >= 11 is 0. The summed E-state index contributed by atoms with van der Waals surface area (Å²) in [6.07, 6.45) is 0.789. The molecular weight excluding hydrogens is 250 g/mol. The van der Waals surface area contributed by atoms with Gasteiger partial charge in [-0.15, -0.1) is 0 Å². The minimum absolute atomic E-state index is 0.0694. The predicted octanol–water partition coefficient (Wildman–Crippen LogP) is 1.06. The lowest BCUT2D eigenvalue weighted by atomic mass is 10.1. The average Bonchev–Trinajstić information content (AvgIpc) is 3.07. The normalized spacial score (nSPS) is 19.4. The Morgan fingerprint density at radius 3 is 2.84 bits per heavy atom. The monoisotopic (exact) mass is 267 g/mol. The SMILES string of the molecule is COC(=O)c1ccc(CN2CCC(C(=O)OC)C2)o1. The average molecular weight is 267 g/mol. The molecule has 6 nitrogen and oxygen atoms in total. The fourth-order valence-electron chi connectivity index (χ4n) is 2.23. The van der Waals surface area contributed by atoms with Crippen LogP contribution < -0.4 is 0 Å². The van der Waals surface area contributed by atoms with Gasteiger partial charge in [-0.2, -0.15) is 0 Å². The Morgan fingerprint density at radius 1 is 1.37 bits per heavy atom. The number of nitrogens with zero attached hydrogens (tertiary/aromatic N) is 1. The molecule has 0 aromatic carbocycles. The Hall–Kier alpha value is -1.82. The van der Waals surface area contributed by atoms with E-state index in [4.69, 9.17) is 9.15 Å². The Labute approximate surface area is 111 Å². The van der Waals surface area contributed by atoms with Crippen LogP contribution in [0.25, 0.3) is 0 Å². The Balaban J connectivity index is 1.90. The van der Waals surface area contributed by atoms with Gasteiger partial charge in [0.25, 0.3) is 0 Å². The molecule has 0 N–H and O–H groups in total. The van der Waals surface area contributed by atoms with Crippen molar-refractivity contribution in [1.29, 1.82) is 0 Å². The third-order valence-electron chi connectivity index (χ3n) is 3.23. The number of furan rings is 1. The number of hydrogen-bond acceptors (Lipinski definition) is 6. The standard InChI is InChI=1S/C13H17NO5/c1-17-12(15)9-5-6-14(7-9)8-10-3-4-11(19-10)13(16)18-2/h3-4,9H,5-8H2,1-2H3. The van der Waals surface area contributed by atoms with Crippen LogP contribution in [0.2, 0.25) is 0 Å². The van der Waals surface area contributed by atoms with Crippen LogP contribution in [0.15, 0.2) is 16.5 Å². The maximum Gasteiger partial charge on any atom is 0.373 e. The fraction of sp³-hybridized carbons (Fsp3) is 0.538. The number of carbonyl (C=O) groups is 2. The molecule has 1 saturated heterocycles. The lowest BCUT2D eigenvalue weighted by Gasteiger charge is -2.13. The highest BCUT2D eigenvalue weighted by molar-refractivity contribution is 5.86. The van der Waals surface area contributed by atoms with E-state index in [1.54, 1.807) is 12.1 Å². The van der Waals surface area contributed by atoms with E-state index in [-0.39, 0.29) is 17.6 Å². The van der Waals surface area contributed by atoms with E-state index in [9.17, 15) is 9.59 Å².